The molecule has 1 aromatic heterocycles. The summed E-state index contributed by atoms with van der Waals surface area (Å²) >= 11 is 0. The molecule has 0 spiro atoms. The first-order valence-corrected chi connectivity index (χ1v) is 7.56. The summed E-state index contributed by atoms with van der Waals surface area (Å²) in [5, 5.41) is 3.88. The van der Waals surface area contributed by atoms with Crippen molar-refractivity contribution in [3.05, 3.63) is 32.6 Å². The van der Waals surface area contributed by atoms with Gasteiger partial charge >= 0.3 is 5.69 Å². The lowest BCUT2D eigenvalue weighted by atomic mass is 10.2. The molecular weight excluding hydrogens is 316 g/mol. The molecule has 0 radical (unpaired) electrons. The standard InChI is InChI=1S/C15H24N4O5/c1-9(2)13(20)16-19-14(21)12(11(5)17-24-10(3)4)7-18(8-23-6)15(19)22/h7,9-10H,8H2,1-6H3,(H,16,20)/b17-11+. The van der Waals surface area contributed by atoms with Crippen LogP contribution in [0, 0.1) is 5.92 Å². The molecule has 0 aliphatic carbocycles. The first-order valence-electron chi connectivity index (χ1n) is 7.56. The van der Waals surface area contributed by atoms with Crippen LogP contribution in [0.15, 0.2) is 20.9 Å². The van der Waals surface area contributed by atoms with Gasteiger partial charge in [0, 0.05) is 19.2 Å². The van der Waals surface area contributed by atoms with Crippen molar-refractivity contribution in [1.29, 1.82) is 0 Å². The van der Waals surface area contributed by atoms with Crippen LogP contribution in [0.25, 0.3) is 0 Å². The van der Waals surface area contributed by atoms with E-state index in [0.717, 1.165) is 4.57 Å². The number of nitrogens with zero attached hydrogens (tertiary/aromatic N) is 3. The van der Waals surface area contributed by atoms with Crippen LogP contribution >= 0.6 is 0 Å². The summed E-state index contributed by atoms with van der Waals surface area (Å²) in [7, 11) is 1.41. The third-order valence-electron chi connectivity index (χ3n) is 2.96. The molecule has 1 heterocycles. The number of nitrogens with one attached hydrogen (secondary N) is 1. The molecule has 9 nitrogen and oxygen atoms in total. The van der Waals surface area contributed by atoms with Gasteiger partial charge in [-0.1, -0.05) is 19.0 Å². The number of amides is 1. The summed E-state index contributed by atoms with van der Waals surface area (Å²) < 4.78 is 6.77. The molecule has 1 N–H and O–H groups in total. The minimum atomic E-state index is -0.711. The number of rotatable bonds is 7. The van der Waals surface area contributed by atoms with Gasteiger partial charge in [0.1, 0.15) is 12.8 Å². The average Bonchev–Trinajstić information content (AvgIpc) is 2.51. The second-order valence-corrected chi connectivity index (χ2v) is 5.82. The molecule has 1 rings (SSSR count). The molecule has 1 amide bonds. The van der Waals surface area contributed by atoms with Crippen molar-refractivity contribution < 1.29 is 14.4 Å². The molecule has 1 aromatic rings. The van der Waals surface area contributed by atoms with Crippen LogP contribution in [0.2, 0.25) is 0 Å². The van der Waals surface area contributed by atoms with Crippen LogP contribution in [0.1, 0.15) is 40.2 Å². The normalized spacial score (nSPS) is 11.9. The molecular formula is C15H24N4O5. The number of hydrogen-bond acceptors (Lipinski definition) is 6. The van der Waals surface area contributed by atoms with Gasteiger partial charge in [0.15, 0.2) is 0 Å². The van der Waals surface area contributed by atoms with Crippen molar-refractivity contribution >= 4 is 11.6 Å². The smallest absolute Gasteiger partial charge is 0.352 e. The topological polar surface area (TPSA) is 104 Å². The fourth-order valence-corrected chi connectivity index (χ4v) is 1.65. The van der Waals surface area contributed by atoms with Gasteiger partial charge in [-0.3, -0.25) is 19.6 Å². The van der Waals surface area contributed by atoms with E-state index in [0.29, 0.717) is 4.68 Å². The highest BCUT2D eigenvalue weighted by Gasteiger charge is 2.17. The van der Waals surface area contributed by atoms with Gasteiger partial charge in [-0.25, -0.2) is 4.79 Å². The Hall–Kier alpha value is -2.42. The Balaban J connectivity index is 3.47. The molecule has 0 saturated heterocycles. The van der Waals surface area contributed by atoms with Crippen LogP contribution in [-0.4, -0.2) is 34.1 Å². The summed E-state index contributed by atoms with van der Waals surface area (Å²) in [5.41, 5.74) is 1.33. The average molecular weight is 340 g/mol. The third-order valence-corrected chi connectivity index (χ3v) is 2.96. The van der Waals surface area contributed by atoms with Crippen molar-refractivity contribution in [2.24, 2.45) is 11.1 Å². The zero-order valence-electron chi connectivity index (χ0n) is 14.8. The lowest BCUT2D eigenvalue weighted by Crippen LogP contribution is -2.49. The Morgan fingerprint density at radius 1 is 1.29 bits per heavy atom. The van der Waals surface area contributed by atoms with Crippen LogP contribution in [0.3, 0.4) is 0 Å². The van der Waals surface area contributed by atoms with E-state index >= 15 is 0 Å². The molecule has 0 aromatic carbocycles. The van der Waals surface area contributed by atoms with Gasteiger partial charge in [-0.05, 0) is 20.8 Å². The molecule has 24 heavy (non-hydrogen) atoms. The summed E-state index contributed by atoms with van der Waals surface area (Å²) in [6, 6.07) is 0. The molecule has 0 fully saturated rings. The minimum absolute atomic E-state index is 0.0814. The number of hydrogen-bond donors (Lipinski definition) is 1. The summed E-state index contributed by atoms with van der Waals surface area (Å²) in [6.07, 6.45) is 1.17. The van der Waals surface area contributed by atoms with Crippen LogP contribution in [-0.2, 0) is 21.1 Å². The van der Waals surface area contributed by atoms with Crippen molar-refractivity contribution in [2.45, 2.75) is 47.5 Å². The molecule has 0 aliphatic rings. The van der Waals surface area contributed by atoms with E-state index in [9.17, 15) is 14.4 Å². The third kappa shape index (κ3) is 4.79. The molecule has 0 aliphatic heterocycles. The number of carbonyl (C=O) groups is 1. The highest BCUT2D eigenvalue weighted by atomic mass is 16.6. The highest BCUT2D eigenvalue weighted by molar-refractivity contribution is 5.97. The summed E-state index contributed by atoms with van der Waals surface area (Å²) in [4.78, 5) is 41.9. The van der Waals surface area contributed by atoms with E-state index in [1.807, 2.05) is 0 Å². The maximum atomic E-state index is 12.5. The van der Waals surface area contributed by atoms with Crippen molar-refractivity contribution in [3.8, 4) is 0 Å². The van der Waals surface area contributed by atoms with Gasteiger partial charge in [-0.2, -0.15) is 4.68 Å². The van der Waals surface area contributed by atoms with E-state index in [1.165, 1.54) is 13.3 Å². The van der Waals surface area contributed by atoms with E-state index in [2.05, 4.69) is 10.6 Å². The van der Waals surface area contributed by atoms with Gasteiger partial charge in [0.2, 0.25) is 5.91 Å². The Kier molecular flexibility index (Phi) is 6.90. The Labute approximate surface area is 139 Å². The van der Waals surface area contributed by atoms with E-state index in [4.69, 9.17) is 9.57 Å². The SMILES string of the molecule is COCn1cc(/C(C)=N/OC(C)C)c(=O)n(NC(=O)C(C)C)c1=O. The predicted octanol–water partition coefficient (Wildman–Crippen LogP) is 0.489. The molecule has 9 heteroatoms. The number of ether oxygens (including phenoxy) is 1. The Morgan fingerprint density at radius 2 is 1.92 bits per heavy atom. The van der Waals surface area contributed by atoms with E-state index < -0.39 is 23.1 Å². The zero-order valence-corrected chi connectivity index (χ0v) is 14.8. The largest absolute Gasteiger partial charge is 0.393 e. The van der Waals surface area contributed by atoms with Gasteiger partial charge in [0.05, 0.1) is 11.3 Å². The lowest BCUT2D eigenvalue weighted by molar-refractivity contribution is -0.119. The summed E-state index contributed by atoms with van der Waals surface area (Å²) in [6.45, 7) is 8.40. The Bertz CT molecular complexity index is 730. The molecule has 0 unspecified atom stereocenters. The van der Waals surface area contributed by atoms with Crippen LogP contribution in [0.5, 0.6) is 0 Å². The number of carbonyl (C=O) groups excluding carboxylic acids is 1. The molecule has 0 saturated carbocycles. The van der Waals surface area contributed by atoms with Crippen LogP contribution < -0.4 is 16.7 Å². The number of oxime groups is 1. The monoisotopic (exact) mass is 340 g/mol. The maximum absolute atomic E-state index is 12.5. The molecule has 0 atom stereocenters. The van der Waals surface area contributed by atoms with Gasteiger partial charge in [0.25, 0.3) is 5.56 Å². The minimum Gasteiger partial charge on any atom is -0.393 e. The number of methoxy groups -OCH3 is 1. The fraction of sp³-hybridized carbons (Fsp3) is 0.600. The van der Waals surface area contributed by atoms with Crippen molar-refractivity contribution in [1.82, 2.24) is 9.24 Å². The van der Waals surface area contributed by atoms with Gasteiger partial charge in [-0.15, -0.1) is 0 Å². The first-order chi connectivity index (χ1) is 11.2. The van der Waals surface area contributed by atoms with E-state index in [-0.39, 0.29) is 24.1 Å². The second-order valence-electron chi connectivity index (χ2n) is 5.82. The second kappa shape index (κ2) is 8.44. The molecule has 0 bridgehead atoms. The van der Waals surface area contributed by atoms with Crippen molar-refractivity contribution in [2.75, 3.05) is 12.5 Å². The number of aromatic nitrogens is 2. The molecule has 134 valence electrons. The van der Waals surface area contributed by atoms with Crippen LogP contribution in [0.4, 0.5) is 0 Å². The Morgan fingerprint density at radius 3 is 2.42 bits per heavy atom. The zero-order chi connectivity index (χ0) is 18.4. The highest BCUT2D eigenvalue weighted by Crippen LogP contribution is 1.98. The quantitative estimate of drug-likeness (QED) is 0.574. The predicted molar refractivity (Wildman–Crippen MR) is 89.6 cm³/mol. The first kappa shape index (κ1) is 19.6. The summed E-state index contributed by atoms with van der Waals surface area (Å²) in [5.74, 6) is -0.849. The van der Waals surface area contributed by atoms with Gasteiger partial charge < -0.3 is 9.57 Å². The lowest BCUT2D eigenvalue weighted by Gasteiger charge is -2.14. The van der Waals surface area contributed by atoms with E-state index in [1.54, 1.807) is 34.6 Å². The van der Waals surface area contributed by atoms with Crippen molar-refractivity contribution in [3.63, 3.8) is 0 Å². The fourth-order valence-electron chi connectivity index (χ4n) is 1.65. The maximum Gasteiger partial charge on any atom is 0.352 e.